The normalized spacial score (nSPS) is 15.0. The number of rotatable bonds is 2. The Morgan fingerprint density at radius 3 is 2.37 bits per heavy atom. The zero-order valence-corrected chi connectivity index (χ0v) is 15.4. The van der Waals surface area contributed by atoms with Gasteiger partial charge in [0.25, 0.3) is 5.91 Å². The summed E-state index contributed by atoms with van der Waals surface area (Å²) in [5.74, 6) is -0.869. The molecule has 0 atom stereocenters. The lowest BCUT2D eigenvalue weighted by molar-refractivity contribution is 0.0141. The molecule has 0 saturated carbocycles. The van der Waals surface area contributed by atoms with Gasteiger partial charge in [0.15, 0.2) is 0 Å². The lowest BCUT2D eigenvalue weighted by atomic mass is 10.1. The van der Waals surface area contributed by atoms with Crippen LogP contribution in [-0.2, 0) is 4.74 Å². The molecular formula is C17H21FN6O3. The largest absolute Gasteiger partial charge is 0.444 e. The van der Waals surface area contributed by atoms with Crippen molar-refractivity contribution in [3.8, 4) is 5.69 Å². The number of ether oxygens (including phenoxy) is 1. The monoisotopic (exact) mass is 376 g/mol. The quantitative estimate of drug-likeness (QED) is 0.788. The fraction of sp³-hybridized carbons (Fsp3) is 0.471. The maximum absolute atomic E-state index is 13.7. The van der Waals surface area contributed by atoms with Crippen molar-refractivity contribution in [3.05, 3.63) is 35.9 Å². The van der Waals surface area contributed by atoms with Gasteiger partial charge in [-0.25, -0.2) is 9.18 Å². The molecular weight excluding hydrogens is 355 g/mol. The first-order chi connectivity index (χ1) is 12.7. The highest BCUT2D eigenvalue weighted by molar-refractivity contribution is 5.98. The number of hydrogen-bond donors (Lipinski definition) is 0. The number of halogens is 1. The van der Waals surface area contributed by atoms with Crippen molar-refractivity contribution in [1.82, 2.24) is 30.0 Å². The van der Waals surface area contributed by atoms with E-state index in [9.17, 15) is 14.0 Å². The summed E-state index contributed by atoms with van der Waals surface area (Å²) in [5.41, 5.74) is -0.0271. The van der Waals surface area contributed by atoms with E-state index < -0.39 is 17.5 Å². The molecule has 2 heterocycles. The van der Waals surface area contributed by atoms with E-state index in [2.05, 4.69) is 15.5 Å². The SMILES string of the molecule is CC(C)(C)OC(=O)N1CCN(C(=O)c2cc(F)ccc2-n2cnnn2)CC1. The van der Waals surface area contributed by atoms with Crippen LogP contribution in [0.1, 0.15) is 31.1 Å². The summed E-state index contributed by atoms with van der Waals surface area (Å²) >= 11 is 0. The summed E-state index contributed by atoms with van der Waals surface area (Å²) in [6.45, 7) is 6.74. The molecule has 1 aromatic heterocycles. The Balaban J connectivity index is 1.72. The van der Waals surface area contributed by atoms with Gasteiger partial charge in [0.05, 0.1) is 11.3 Å². The molecule has 1 fully saturated rings. The van der Waals surface area contributed by atoms with Gasteiger partial charge in [0.1, 0.15) is 17.7 Å². The van der Waals surface area contributed by atoms with Gasteiger partial charge in [0.2, 0.25) is 0 Å². The van der Waals surface area contributed by atoms with Crippen LogP contribution in [0.5, 0.6) is 0 Å². The van der Waals surface area contributed by atoms with Gasteiger partial charge >= 0.3 is 6.09 Å². The fourth-order valence-electron chi connectivity index (χ4n) is 2.74. The van der Waals surface area contributed by atoms with Crippen LogP contribution in [-0.4, -0.2) is 73.8 Å². The number of piperazine rings is 1. The summed E-state index contributed by atoms with van der Waals surface area (Å²) in [4.78, 5) is 28.2. The van der Waals surface area contributed by atoms with Crippen molar-refractivity contribution in [3.63, 3.8) is 0 Å². The van der Waals surface area contributed by atoms with Crippen LogP contribution in [0.4, 0.5) is 9.18 Å². The number of aromatic nitrogens is 4. The Morgan fingerprint density at radius 1 is 1.11 bits per heavy atom. The van der Waals surface area contributed by atoms with Crippen LogP contribution < -0.4 is 0 Å². The van der Waals surface area contributed by atoms with Crippen molar-refractivity contribution in [2.24, 2.45) is 0 Å². The van der Waals surface area contributed by atoms with E-state index in [4.69, 9.17) is 4.74 Å². The number of amides is 2. The Hall–Kier alpha value is -3.04. The Kier molecular flexibility index (Phi) is 5.06. The van der Waals surface area contributed by atoms with Gasteiger partial charge in [-0.3, -0.25) is 4.79 Å². The summed E-state index contributed by atoms with van der Waals surface area (Å²) in [6, 6.07) is 3.86. The highest BCUT2D eigenvalue weighted by atomic mass is 19.1. The highest BCUT2D eigenvalue weighted by Crippen LogP contribution is 2.19. The van der Waals surface area contributed by atoms with E-state index in [1.807, 2.05) is 0 Å². The fourth-order valence-corrected chi connectivity index (χ4v) is 2.74. The molecule has 2 amide bonds. The first-order valence-corrected chi connectivity index (χ1v) is 8.55. The van der Waals surface area contributed by atoms with Crippen molar-refractivity contribution < 1.29 is 18.7 Å². The molecule has 0 unspecified atom stereocenters. The number of carbonyl (C=O) groups is 2. The molecule has 0 radical (unpaired) electrons. The van der Waals surface area contributed by atoms with Crippen molar-refractivity contribution in [1.29, 1.82) is 0 Å². The first kappa shape index (κ1) is 18.7. The lowest BCUT2D eigenvalue weighted by Gasteiger charge is -2.35. The topological polar surface area (TPSA) is 93.5 Å². The molecule has 1 aliphatic rings. The minimum absolute atomic E-state index is 0.160. The second-order valence-corrected chi connectivity index (χ2v) is 7.18. The number of tetrazole rings is 1. The summed E-state index contributed by atoms with van der Waals surface area (Å²) in [5, 5.41) is 10.9. The van der Waals surface area contributed by atoms with Crippen LogP contribution >= 0.6 is 0 Å². The van der Waals surface area contributed by atoms with Gasteiger partial charge in [-0.2, -0.15) is 4.68 Å². The predicted molar refractivity (Wildman–Crippen MR) is 92.8 cm³/mol. The third-order valence-corrected chi connectivity index (χ3v) is 4.00. The minimum atomic E-state index is -0.577. The van der Waals surface area contributed by atoms with Crippen LogP contribution in [0.25, 0.3) is 5.69 Å². The van der Waals surface area contributed by atoms with Crippen molar-refractivity contribution >= 4 is 12.0 Å². The highest BCUT2D eigenvalue weighted by Gasteiger charge is 2.29. The maximum Gasteiger partial charge on any atom is 0.410 e. The molecule has 27 heavy (non-hydrogen) atoms. The van der Waals surface area contributed by atoms with E-state index in [-0.39, 0.29) is 11.5 Å². The van der Waals surface area contributed by atoms with Crippen molar-refractivity contribution in [2.45, 2.75) is 26.4 Å². The van der Waals surface area contributed by atoms with E-state index in [1.165, 1.54) is 29.2 Å². The molecule has 144 valence electrons. The zero-order valence-electron chi connectivity index (χ0n) is 15.4. The minimum Gasteiger partial charge on any atom is -0.444 e. The Labute approximate surface area is 155 Å². The standard InChI is InChI=1S/C17H21FN6O3/c1-17(2,3)27-16(26)23-8-6-22(7-9-23)15(25)13-10-12(18)4-5-14(13)24-11-19-20-21-24/h4-5,10-11H,6-9H2,1-3H3. The van der Waals surface area contributed by atoms with Gasteiger partial charge in [0, 0.05) is 26.2 Å². The molecule has 1 saturated heterocycles. The van der Waals surface area contributed by atoms with Gasteiger partial charge < -0.3 is 14.5 Å². The van der Waals surface area contributed by atoms with Crippen LogP contribution in [0.3, 0.4) is 0 Å². The zero-order chi connectivity index (χ0) is 19.6. The molecule has 0 spiro atoms. The van der Waals surface area contributed by atoms with Gasteiger partial charge in [-0.15, -0.1) is 5.10 Å². The molecule has 10 heteroatoms. The molecule has 1 aromatic carbocycles. The second kappa shape index (κ2) is 7.29. The number of benzene rings is 1. The number of carbonyl (C=O) groups excluding carboxylic acids is 2. The molecule has 0 bridgehead atoms. The average Bonchev–Trinajstić information content (AvgIpc) is 3.14. The van der Waals surface area contributed by atoms with E-state index in [1.54, 1.807) is 30.6 Å². The first-order valence-electron chi connectivity index (χ1n) is 8.55. The molecule has 2 aromatic rings. The average molecular weight is 376 g/mol. The smallest absolute Gasteiger partial charge is 0.410 e. The van der Waals surface area contributed by atoms with Gasteiger partial charge in [-0.1, -0.05) is 0 Å². The molecule has 0 N–H and O–H groups in total. The maximum atomic E-state index is 13.7. The van der Waals surface area contributed by atoms with Crippen LogP contribution in [0.15, 0.2) is 24.5 Å². The van der Waals surface area contributed by atoms with E-state index >= 15 is 0 Å². The third-order valence-electron chi connectivity index (χ3n) is 4.00. The van der Waals surface area contributed by atoms with Crippen LogP contribution in [0, 0.1) is 5.82 Å². The molecule has 3 rings (SSSR count). The lowest BCUT2D eigenvalue weighted by Crippen LogP contribution is -2.51. The van der Waals surface area contributed by atoms with Gasteiger partial charge in [-0.05, 0) is 49.4 Å². The van der Waals surface area contributed by atoms with E-state index in [0.29, 0.717) is 31.9 Å². The Bertz CT molecular complexity index is 826. The molecule has 0 aliphatic carbocycles. The second-order valence-electron chi connectivity index (χ2n) is 7.18. The van der Waals surface area contributed by atoms with Crippen molar-refractivity contribution in [2.75, 3.05) is 26.2 Å². The van der Waals surface area contributed by atoms with E-state index in [0.717, 1.165) is 0 Å². The third kappa shape index (κ3) is 4.39. The summed E-state index contributed by atoms with van der Waals surface area (Å²) in [6.07, 6.45) is 0.930. The number of hydrogen-bond acceptors (Lipinski definition) is 6. The molecule has 9 nitrogen and oxygen atoms in total. The van der Waals surface area contributed by atoms with Crippen LogP contribution in [0.2, 0.25) is 0 Å². The predicted octanol–water partition coefficient (Wildman–Crippen LogP) is 1.49. The summed E-state index contributed by atoms with van der Waals surface area (Å²) < 4.78 is 20.4. The summed E-state index contributed by atoms with van der Waals surface area (Å²) in [7, 11) is 0. The molecule has 1 aliphatic heterocycles. The Morgan fingerprint density at radius 2 is 1.78 bits per heavy atom. The number of nitrogens with zero attached hydrogens (tertiary/aromatic N) is 6.